The van der Waals surface area contributed by atoms with Crippen molar-refractivity contribution in [3.63, 3.8) is 0 Å². The van der Waals surface area contributed by atoms with Crippen LogP contribution in [0, 0.1) is 5.92 Å². The molecule has 2 heterocycles. The van der Waals surface area contributed by atoms with E-state index in [4.69, 9.17) is 5.11 Å². The molecule has 5 nitrogen and oxygen atoms in total. The first-order valence-electron chi connectivity index (χ1n) is 6.26. The number of carboxylic acids is 1. The first kappa shape index (κ1) is 11.9. The van der Waals surface area contributed by atoms with E-state index in [1.54, 1.807) is 6.20 Å². The second-order valence-corrected chi connectivity index (χ2v) is 4.85. The molecule has 1 saturated heterocycles. The second kappa shape index (κ2) is 4.85. The average Bonchev–Trinajstić information content (AvgIpc) is 2.87. The summed E-state index contributed by atoms with van der Waals surface area (Å²) >= 11 is 0. The molecule has 1 N–H and O–H groups in total. The van der Waals surface area contributed by atoms with E-state index in [0.717, 1.165) is 12.2 Å². The van der Waals surface area contributed by atoms with E-state index in [1.165, 1.54) is 5.56 Å². The van der Waals surface area contributed by atoms with Crippen molar-refractivity contribution in [2.75, 3.05) is 13.1 Å². The Kier molecular flexibility index (Phi) is 3.05. The molecule has 0 spiro atoms. The van der Waals surface area contributed by atoms with E-state index >= 15 is 0 Å². The summed E-state index contributed by atoms with van der Waals surface area (Å²) < 4.78 is 1.81. The van der Waals surface area contributed by atoms with E-state index in [1.807, 2.05) is 29.1 Å². The Balaban J connectivity index is 1.60. The Hall–Kier alpha value is -2.14. The molecule has 98 valence electrons. The smallest absolute Gasteiger partial charge is 0.309 e. The molecular weight excluding hydrogens is 242 g/mol. The summed E-state index contributed by atoms with van der Waals surface area (Å²) in [6.07, 6.45) is 3.65. The topological polar surface area (TPSA) is 58.4 Å². The largest absolute Gasteiger partial charge is 0.481 e. The van der Waals surface area contributed by atoms with Crippen LogP contribution in [0.2, 0.25) is 0 Å². The van der Waals surface area contributed by atoms with Crippen molar-refractivity contribution in [2.45, 2.75) is 6.54 Å². The Morgan fingerprint density at radius 1 is 1.32 bits per heavy atom. The lowest BCUT2D eigenvalue weighted by Crippen LogP contribution is -2.49. The van der Waals surface area contributed by atoms with Gasteiger partial charge in [-0.3, -0.25) is 9.69 Å². The third kappa shape index (κ3) is 2.51. The van der Waals surface area contributed by atoms with Crippen LogP contribution in [0.3, 0.4) is 0 Å². The maximum Gasteiger partial charge on any atom is 0.309 e. The lowest BCUT2D eigenvalue weighted by atomic mass is 9.99. The van der Waals surface area contributed by atoms with Crippen LogP contribution in [0.4, 0.5) is 0 Å². The van der Waals surface area contributed by atoms with E-state index in [0.29, 0.717) is 13.1 Å². The number of hydrogen-bond donors (Lipinski definition) is 1. The molecule has 1 aliphatic rings. The van der Waals surface area contributed by atoms with Gasteiger partial charge in [0.15, 0.2) is 0 Å². The highest BCUT2D eigenvalue weighted by molar-refractivity contribution is 5.71. The minimum atomic E-state index is -0.690. The van der Waals surface area contributed by atoms with Crippen molar-refractivity contribution in [1.29, 1.82) is 0 Å². The molecule has 0 radical (unpaired) electrons. The number of rotatable bonds is 4. The van der Waals surface area contributed by atoms with E-state index in [9.17, 15) is 4.79 Å². The number of likely N-dealkylation sites (tertiary alicyclic amines) is 1. The van der Waals surface area contributed by atoms with Crippen LogP contribution in [-0.4, -0.2) is 38.8 Å². The van der Waals surface area contributed by atoms with Crippen molar-refractivity contribution in [1.82, 2.24) is 14.7 Å². The second-order valence-electron chi connectivity index (χ2n) is 4.85. The molecule has 0 atom stereocenters. The van der Waals surface area contributed by atoms with Gasteiger partial charge in [-0.1, -0.05) is 12.1 Å². The molecule has 1 aromatic heterocycles. The Morgan fingerprint density at radius 2 is 2.05 bits per heavy atom. The van der Waals surface area contributed by atoms with Crippen molar-refractivity contribution >= 4 is 5.97 Å². The molecule has 19 heavy (non-hydrogen) atoms. The molecule has 1 aromatic carbocycles. The van der Waals surface area contributed by atoms with Gasteiger partial charge in [-0.25, -0.2) is 4.68 Å². The number of nitrogens with zero attached hydrogens (tertiary/aromatic N) is 3. The van der Waals surface area contributed by atoms with E-state index in [2.05, 4.69) is 22.1 Å². The minimum Gasteiger partial charge on any atom is -0.481 e. The van der Waals surface area contributed by atoms with Gasteiger partial charge in [-0.05, 0) is 23.8 Å². The van der Waals surface area contributed by atoms with Gasteiger partial charge < -0.3 is 5.11 Å². The number of aliphatic carboxylic acids is 1. The molecule has 1 aliphatic heterocycles. The molecule has 1 fully saturated rings. The third-order valence-corrected chi connectivity index (χ3v) is 3.42. The monoisotopic (exact) mass is 257 g/mol. The van der Waals surface area contributed by atoms with Crippen LogP contribution < -0.4 is 0 Å². The summed E-state index contributed by atoms with van der Waals surface area (Å²) in [5, 5.41) is 13.0. The molecule has 2 aromatic rings. The molecule has 0 saturated carbocycles. The van der Waals surface area contributed by atoms with Gasteiger partial charge in [-0.2, -0.15) is 5.10 Å². The highest BCUT2D eigenvalue weighted by Gasteiger charge is 2.31. The van der Waals surface area contributed by atoms with Crippen LogP contribution in [0.15, 0.2) is 42.7 Å². The number of carboxylic acid groups (broad SMARTS) is 1. The third-order valence-electron chi connectivity index (χ3n) is 3.42. The van der Waals surface area contributed by atoms with Gasteiger partial charge in [0.1, 0.15) is 0 Å². The fourth-order valence-electron chi connectivity index (χ4n) is 2.29. The highest BCUT2D eigenvalue weighted by atomic mass is 16.4. The van der Waals surface area contributed by atoms with Crippen LogP contribution in [0.25, 0.3) is 5.69 Å². The zero-order valence-corrected chi connectivity index (χ0v) is 10.4. The van der Waals surface area contributed by atoms with E-state index in [-0.39, 0.29) is 5.92 Å². The predicted molar refractivity (Wildman–Crippen MR) is 70.0 cm³/mol. The van der Waals surface area contributed by atoms with E-state index < -0.39 is 5.97 Å². The highest BCUT2D eigenvalue weighted by Crippen LogP contribution is 2.19. The summed E-state index contributed by atoms with van der Waals surface area (Å²) in [6.45, 7) is 2.11. The zero-order chi connectivity index (χ0) is 13.2. The Morgan fingerprint density at radius 3 is 2.63 bits per heavy atom. The maximum absolute atomic E-state index is 10.7. The molecular formula is C14H15N3O2. The van der Waals surface area contributed by atoms with Crippen LogP contribution in [-0.2, 0) is 11.3 Å². The minimum absolute atomic E-state index is 0.191. The summed E-state index contributed by atoms with van der Waals surface area (Å²) in [6, 6.07) is 10.1. The molecule has 0 unspecified atom stereocenters. The SMILES string of the molecule is O=C(O)C1CN(Cc2ccc(-n3cccn3)cc2)C1. The van der Waals surface area contributed by atoms with Crippen molar-refractivity contribution in [3.8, 4) is 5.69 Å². The van der Waals surface area contributed by atoms with Gasteiger partial charge >= 0.3 is 5.97 Å². The fraction of sp³-hybridized carbons (Fsp3) is 0.286. The van der Waals surface area contributed by atoms with Crippen LogP contribution >= 0.6 is 0 Å². The quantitative estimate of drug-likeness (QED) is 0.899. The van der Waals surface area contributed by atoms with Gasteiger partial charge in [0.2, 0.25) is 0 Å². The number of aromatic nitrogens is 2. The number of carbonyl (C=O) groups is 1. The zero-order valence-electron chi connectivity index (χ0n) is 10.4. The number of hydrogen-bond acceptors (Lipinski definition) is 3. The molecule has 0 amide bonds. The van der Waals surface area contributed by atoms with Crippen LogP contribution in [0.5, 0.6) is 0 Å². The van der Waals surface area contributed by atoms with Gasteiger partial charge in [0.05, 0.1) is 11.6 Å². The summed E-state index contributed by atoms with van der Waals surface area (Å²) in [7, 11) is 0. The predicted octanol–water partition coefficient (Wildman–Crippen LogP) is 1.39. The molecule has 5 heteroatoms. The first-order valence-corrected chi connectivity index (χ1v) is 6.26. The van der Waals surface area contributed by atoms with Gasteiger partial charge in [0.25, 0.3) is 0 Å². The summed E-state index contributed by atoms with van der Waals surface area (Å²) in [4.78, 5) is 12.9. The van der Waals surface area contributed by atoms with Crippen molar-refractivity contribution < 1.29 is 9.90 Å². The van der Waals surface area contributed by atoms with Crippen molar-refractivity contribution in [2.24, 2.45) is 5.92 Å². The summed E-state index contributed by atoms with van der Waals surface area (Å²) in [5.74, 6) is -0.881. The lowest BCUT2D eigenvalue weighted by molar-refractivity contribution is -0.147. The normalized spacial score (nSPS) is 16.2. The molecule has 0 bridgehead atoms. The van der Waals surface area contributed by atoms with Gasteiger partial charge in [-0.15, -0.1) is 0 Å². The molecule has 0 aliphatic carbocycles. The first-order chi connectivity index (χ1) is 9.22. The standard InChI is InChI=1S/C14H15N3O2/c18-14(19)12-9-16(10-12)8-11-2-4-13(5-3-11)17-7-1-6-15-17/h1-7,12H,8-10H2,(H,18,19). The molecule has 3 rings (SSSR count). The van der Waals surface area contributed by atoms with Gasteiger partial charge in [0, 0.05) is 32.0 Å². The number of benzene rings is 1. The van der Waals surface area contributed by atoms with Crippen LogP contribution in [0.1, 0.15) is 5.56 Å². The Bertz CT molecular complexity index is 557. The summed E-state index contributed by atoms with van der Waals surface area (Å²) in [5.41, 5.74) is 2.22. The Labute approximate surface area is 111 Å². The average molecular weight is 257 g/mol. The maximum atomic E-state index is 10.7. The van der Waals surface area contributed by atoms with Crippen molar-refractivity contribution in [3.05, 3.63) is 48.3 Å². The fourth-order valence-corrected chi connectivity index (χ4v) is 2.29. The lowest BCUT2D eigenvalue weighted by Gasteiger charge is -2.36.